The van der Waals surface area contributed by atoms with Crippen LogP contribution >= 0.6 is 0 Å². The number of carbonyl (C=O) groups excluding carboxylic acids is 5. The Bertz CT molecular complexity index is 2380. The highest BCUT2D eigenvalue weighted by Gasteiger charge is 2.47. The van der Waals surface area contributed by atoms with Gasteiger partial charge in [0.25, 0.3) is 0 Å². The summed E-state index contributed by atoms with van der Waals surface area (Å²) in [5, 5.41) is 24.9. The monoisotopic (exact) mass is 938 g/mol. The van der Waals surface area contributed by atoms with E-state index in [9.17, 15) is 29.1 Å². The second-order valence-corrected chi connectivity index (χ2v) is 21.1. The fraction of sp³-hybridized carbons (Fsp3) is 0.636. The number of amides is 5. The van der Waals surface area contributed by atoms with Crippen molar-refractivity contribution in [2.45, 2.75) is 196 Å². The van der Waals surface area contributed by atoms with E-state index >= 15 is 0 Å². The summed E-state index contributed by atoms with van der Waals surface area (Å²) in [7, 11) is 0. The van der Waals surface area contributed by atoms with E-state index in [1.54, 1.807) is 4.90 Å². The highest BCUT2D eigenvalue weighted by molar-refractivity contribution is 6.52. The quantitative estimate of drug-likeness (QED) is 0.104. The second kappa shape index (κ2) is 22.5. The van der Waals surface area contributed by atoms with Gasteiger partial charge in [0.2, 0.25) is 23.1 Å². The summed E-state index contributed by atoms with van der Waals surface area (Å²) < 4.78 is 2.29. The first-order valence-electron chi connectivity index (χ1n) is 25.8. The number of urea groups is 1. The number of fused-ring (bicyclic) bond motifs is 2. The van der Waals surface area contributed by atoms with E-state index in [1.807, 2.05) is 29.2 Å². The van der Waals surface area contributed by atoms with Gasteiger partial charge in [-0.3, -0.25) is 19.2 Å². The fourth-order valence-electron chi connectivity index (χ4n) is 10.3. The van der Waals surface area contributed by atoms with Gasteiger partial charge < -0.3 is 35.8 Å². The molecule has 2 unspecified atom stereocenters. The molecule has 13 heteroatoms. The van der Waals surface area contributed by atoms with Crippen LogP contribution in [-0.4, -0.2) is 96.2 Å². The Morgan fingerprint density at radius 1 is 0.721 bits per heavy atom. The van der Waals surface area contributed by atoms with Crippen LogP contribution in [0, 0.1) is 0 Å². The van der Waals surface area contributed by atoms with Gasteiger partial charge in [0.15, 0.2) is 11.8 Å². The van der Waals surface area contributed by atoms with Crippen LogP contribution in [0.5, 0.6) is 0 Å². The molecule has 3 aliphatic rings. The summed E-state index contributed by atoms with van der Waals surface area (Å²) in [5.41, 5.74) is 2.96. The molecule has 0 radical (unpaired) electrons. The molecule has 1 aliphatic carbocycles. The van der Waals surface area contributed by atoms with Crippen molar-refractivity contribution in [3.05, 3.63) is 57.3 Å². The SMILES string of the molecule is CCCCN(CCCC)C(=O)CCC(=O)Nc1cc2c(cc1C1=C([O-])/C(=c3/cc4c(cc3NC(=O)NCC(=O)N(CCCC)CCCC)=[N+](C(C)C)C(C)C4(C)C)C1=O)C(C)(C)C(C)N2C(C)C. The highest BCUT2D eigenvalue weighted by Crippen LogP contribution is 2.50. The molecule has 374 valence electrons. The molecule has 5 rings (SSSR count). The molecule has 0 saturated carbocycles. The van der Waals surface area contributed by atoms with Crippen LogP contribution in [-0.2, 0) is 30.0 Å². The molecule has 0 aromatic heterocycles. The molecule has 2 aromatic rings. The van der Waals surface area contributed by atoms with E-state index in [0.29, 0.717) is 42.6 Å². The zero-order valence-corrected chi connectivity index (χ0v) is 44.0. The van der Waals surface area contributed by atoms with Gasteiger partial charge in [-0.15, -0.1) is 0 Å². The highest BCUT2D eigenvalue weighted by atomic mass is 16.3. The third kappa shape index (κ3) is 11.0. The van der Waals surface area contributed by atoms with Crippen LogP contribution in [0.25, 0.3) is 11.1 Å². The number of hydrogen-bond donors (Lipinski definition) is 3. The van der Waals surface area contributed by atoms with Gasteiger partial charge in [-0.05, 0) is 105 Å². The molecule has 68 heavy (non-hydrogen) atoms. The molecule has 2 atom stereocenters. The lowest BCUT2D eigenvalue weighted by Gasteiger charge is -2.34. The molecule has 3 N–H and O–H groups in total. The summed E-state index contributed by atoms with van der Waals surface area (Å²) in [6, 6.07) is 7.26. The maximum atomic E-state index is 14.9. The van der Waals surface area contributed by atoms with Gasteiger partial charge in [-0.1, -0.05) is 73.0 Å². The minimum Gasteiger partial charge on any atom is -0.871 e. The van der Waals surface area contributed by atoms with Crippen molar-refractivity contribution in [1.29, 1.82) is 0 Å². The lowest BCUT2D eigenvalue weighted by molar-refractivity contribution is -0.292. The average Bonchev–Trinajstić information content (AvgIpc) is 3.60. The largest absolute Gasteiger partial charge is 0.871 e. The van der Waals surface area contributed by atoms with Crippen molar-refractivity contribution in [2.24, 2.45) is 0 Å². The topological polar surface area (TPSA) is 157 Å². The zero-order chi connectivity index (χ0) is 50.4. The minimum absolute atomic E-state index is 0.0388. The van der Waals surface area contributed by atoms with Crippen LogP contribution in [0.2, 0.25) is 0 Å². The summed E-state index contributed by atoms with van der Waals surface area (Å²) in [5.74, 6) is -1.59. The number of nitrogens with one attached hydrogen (secondary N) is 3. The Kier molecular flexibility index (Phi) is 17.8. The lowest BCUT2D eigenvalue weighted by Crippen LogP contribution is -2.43. The fourth-order valence-corrected chi connectivity index (χ4v) is 10.3. The summed E-state index contributed by atoms with van der Waals surface area (Å²) in [6.45, 7) is 32.1. The lowest BCUT2D eigenvalue weighted by atomic mass is 9.76. The number of hydrogen-bond acceptors (Lipinski definition) is 7. The summed E-state index contributed by atoms with van der Waals surface area (Å²) in [6.07, 6.45) is 7.32. The van der Waals surface area contributed by atoms with Crippen molar-refractivity contribution in [1.82, 2.24) is 19.7 Å². The number of Topliss-reactive ketones (excluding diaryl/α,β-unsaturated/α-hetero) is 1. The van der Waals surface area contributed by atoms with Gasteiger partial charge in [0.05, 0.1) is 23.3 Å². The molecular formula is C55H83N7O6. The maximum absolute atomic E-state index is 14.9. The van der Waals surface area contributed by atoms with E-state index in [4.69, 9.17) is 0 Å². The van der Waals surface area contributed by atoms with Crippen LogP contribution in [0.15, 0.2) is 30.0 Å². The average molecular weight is 938 g/mol. The molecule has 0 saturated heterocycles. The third-order valence-corrected chi connectivity index (χ3v) is 15.0. The molecule has 2 aliphatic heterocycles. The van der Waals surface area contributed by atoms with Gasteiger partial charge in [-0.2, -0.15) is 0 Å². The molecule has 2 aromatic carbocycles. The van der Waals surface area contributed by atoms with Crippen molar-refractivity contribution in [2.75, 3.05) is 48.3 Å². The van der Waals surface area contributed by atoms with Gasteiger partial charge in [0, 0.05) is 95.8 Å². The van der Waals surface area contributed by atoms with E-state index in [0.717, 1.165) is 73.5 Å². The normalized spacial score (nSPS) is 18.7. The Hall–Kier alpha value is -5.20. The van der Waals surface area contributed by atoms with E-state index in [-0.39, 0.29) is 88.9 Å². The number of unbranched alkanes of at least 4 members (excludes halogenated alkanes) is 4. The van der Waals surface area contributed by atoms with Gasteiger partial charge >= 0.3 is 6.03 Å². The molecule has 5 amide bonds. The predicted octanol–water partition coefficient (Wildman–Crippen LogP) is 7.36. The Morgan fingerprint density at radius 3 is 1.79 bits per heavy atom. The zero-order valence-electron chi connectivity index (χ0n) is 44.0. The first-order chi connectivity index (χ1) is 32.1. The Morgan fingerprint density at radius 2 is 1.28 bits per heavy atom. The molecule has 0 fully saturated rings. The second-order valence-electron chi connectivity index (χ2n) is 21.1. The number of nitrogens with zero attached hydrogens (tertiary/aromatic N) is 4. The number of carbonyl (C=O) groups is 5. The van der Waals surface area contributed by atoms with E-state index in [2.05, 4.69) is 122 Å². The first-order valence-corrected chi connectivity index (χ1v) is 25.8. The number of benzene rings is 2. The maximum Gasteiger partial charge on any atom is 0.319 e. The molecule has 0 bridgehead atoms. The van der Waals surface area contributed by atoms with Gasteiger partial charge in [0.1, 0.15) is 6.04 Å². The Balaban J connectivity index is 1.62. The molecule has 0 spiro atoms. The molecular weight excluding hydrogens is 855 g/mol. The van der Waals surface area contributed by atoms with Crippen LogP contribution in [0.1, 0.15) is 178 Å². The van der Waals surface area contributed by atoms with Gasteiger partial charge in [-0.25, -0.2) is 9.37 Å². The number of ketones is 1. The third-order valence-electron chi connectivity index (χ3n) is 15.0. The van der Waals surface area contributed by atoms with Crippen LogP contribution in [0.3, 0.4) is 0 Å². The van der Waals surface area contributed by atoms with Crippen molar-refractivity contribution < 1.29 is 29.1 Å². The minimum atomic E-state index is -0.622. The number of rotatable bonds is 22. The predicted molar refractivity (Wildman–Crippen MR) is 274 cm³/mol. The van der Waals surface area contributed by atoms with Crippen LogP contribution < -0.4 is 41.1 Å². The Labute approximate surface area is 406 Å². The van der Waals surface area contributed by atoms with E-state index in [1.165, 1.54) is 0 Å². The van der Waals surface area contributed by atoms with Crippen molar-refractivity contribution in [3.63, 3.8) is 0 Å². The standard InChI is InChI=1S/C55H83N7O6/c1-15-19-25-59(26-20-16-2)47(64)24-23-46(63)57-42-31-44-40(54(11,12)36(9)61(44)34(5)6)29-38(42)49-51(66)50(52(49)67)39-30-41-45(62(35(7)8)37(10)55(41,13)14)32-43(39)58-53(68)56-33-48(65)60(27-21-17-3)28-22-18-4/h29-32,34-37H,15-28,33H2,1-14H3,(H3,56,57,58,63,66,67,68). The first kappa shape index (κ1) is 53.8. The van der Waals surface area contributed by atoms with Crippen molar-refractivity contribution >= 4 is 57.7 Å². The smallest absolute Gasteiger partial charge is 0.319 e. The summed E-state index contributed by atoms with van der Waals surface area (Å²) in [4.78, 5) is 75.3. The number of anilines is 3. The molecule has 2 heterocycles. The van der Waals surface area contributed by atoms with Crippen molar-refractivity contribution in [3.8, 4) is 0 Å². The molecule has 13 nitrogen and oxygen atoms in total. The number of allylic oxidation sites excluding steroid dienone is 2. The van der Waals surface area contributed by atoms with Crippen LogP contribution in [0.4, 0.5) is 21.9 Å². The summed E-state index contributed by atoms with van der Waals surface area (Å²) >= 11 is 0. The van der Waals surface area contributed by atoms with E-state index < -0.39 is 17.6 Å².